The van der Waals surface area contributed by atoms with Gasteiger partial charge in [0, 0.05) is 25.1 Å². The Labute approximate surface area is 225 Å². The molecule has 2 aromatic carbocycles. The first kappa shape index (κ1) is 25.7. The molecule has 0 unspecified atom stereocenters. The molecule has 0 saturated heterocycles. The summed E-state index contributed by atoms with van der Waals surface area (Å²) in [5.41, 5.74) is 0.358. The van der Waals surface area contributed by atoms with E-state index in [2.05, 4.69) is 57.8 Å². The number of nitrogens with zero attached hydrogens (tertiary/aromatic N) is 4. The lowest BCUT2D eigenvalue weighted by molar-refractivity contribution is 0.0929. The van der Waals surface area contributed by atoms with Crippen molar-refractivity contribution < 1.29 is 9.84 Å². The van der Waals surface area contributed by atoms with Crippen molar-refractivity contribution in [3.05, 3.63) is 82.3 Å². The summed E-state index contributed by atoms with van der Waals surface area (Å²) >= 11 is 10.3. The van der Waals surface area contributed by atoms with Crippen LogP contribution in [-0.4, -0.2) is 44.0 Å². The highest BCUT2D eigenvalue weighted by atomic mass is 79.9. The predicted molar refractivity (Wildman–Crippen MR) is 145 cm³/mol. The summed E-state index contributed by atoms with van der Waals surface area (Å²) in [5.74, 6) is 0.991. The van der Waals surface area contributed by atoms with Gasteiger partial charge < -0.3 is 19.3 Å². The number of aromatic nitrogens is 4. The van der Waals surface area contributed by atoms with Gasteiger partial charge in [-0.2, -0.15) is 4.98 Å². The fourth-order valence-corrected chi connectivity index (χ4v) is 6.21. The topological polar surface area (TPSA) is 105 Å². The third kappa shape index (κ3) is 5.55. The van der Waals surface area contributed by atoms with Crippen molar-refractivity contribution in [2.24, 2.45) is 7.05 Å². The average Bonchev–Trinajstić information content (AvgIpc) is 3.17. The van der Waals surface area contributed by atoms with Crippen LogP contribution in [0, 0.1) is 0 Å². The Balaban J connectivity index is 1.67. The van der Waals surface area contributed by atoms with Crippen molar-refractivity contribution in [1.82, 2.24) is 19.1 Å². The van der Waals surface area contributed by atoms with Crippen LogP contribution in [0.3, 0.4) is 0 Å². The molecule has 2 aromatic heterocycles. The van der Waals surface area contributed by atoms with E-state index in [-0.39, 0.29) is 24.3 Å². The van der Waals surface area contributed by atoms with Gasteiger partial charge in [0.1, 0.15) is 18.5 Å². The summed E-state index contributed by atoms with van der Waals surface area (Å²) < 4.78 is 11.1. The van der Waals surface area contributed by atoms with Crippen LogP contribution in [0.15, 0.2) is 65.5 Å². The van der Waals surface area contributed by atoms with Crippen LogP contribution in [0.4, 0.5) is 5.95 Å². The molecule has 0 fully saturated rings. The number of anilines is 1. The Hall–Kier alpha value is -2.41. The van der Waals surface area contributed by atoms with Gasteiger partial charge in [0.15, 0.2) is 11.2 Å². The lowest BCUT2D eigenvalue weighted by Gasteiger charge is -2.22. The summed E-state index contributed by atoms with van der Waals surface area (Å²) in [6, 6.07) is 13.5. The van der Waals surface area contributed by atoms with Crippen LogP contribution in [0.25, 0.3) is 11.2 Å². The molecule has 0 bridgehead atoms. The average molecular weight is 672 g/mol. The number of aromatic amines is 1. The van der Waals surface area contributed by atoms with Crippen LogP contribution in [-0.2, 0) is 20.1 Å². The van der Waals surface area contributed by atoms with Gasteiger partial charge >= 0.3 is 5.69 Å². The van der Waals surface area contributed by atoms with Gasteiger partial charge in [-0.3, -0.25) is 14.3 Å². The number of nitrogens with one attached hydrogen (secondary N) is 1. The third-order valence-electron chi connectivity index (χ3n) is 5.37. The first-order chi connectivity index (χ1) is 16.7. The van der Waals surface area contributed by atoms with Gasteiger partial charge in [0.2, 0.25) is 5.95 Å². The fraction of sp³-hybridized carbons (Fsp3) is 0.261. The molecule has 2 heterocycles. The zero-order valence-electron chi connectivity index (χ0n) is 18.8. The zero-order valence-corrected chi connectivity index (χ0v) is 23.6. The summed E-state index contributed by atoms with van der Waals surface area (Å²) in [7, 11) is 3.39. The van der Waals surface area contributed by atoms with E-state index >= 15 is 0 Å². The minimum absolute atomic E-state index is 0.0258. The maximum Gasteiger partial charge on any atom is 0.329 e. The molecule has 35 heavy (non-hydrogen) atoms. The van der Waals surface area contributed by atoms with Gasteiger partial charge in [-0.1, -0.05) is 46.3 Å². The monoisotopic (exact) mass is 669 g/mol. The first-order valence-electron chi connectivity index (χ1n) is 10.6. The smallest absolute Gasteiger partial charge is 0.329 e. The summed E-state index contributed by atoms with van der Waals surface area (Å²) in [6.45, 7) is 0.503. The fourth-order valence-electron chi connectivity index (χ4n) is 3.73. The number of halogens is 3. The molecular formula is C23H22Br3N5O4. The maximum atomic E-state index is 12.8. The lowest BCUT2D eigenvalue weighted by atomic mass is 10.2. The highest BCUT2D eigenvalue weighted by molar-refractivity contribution is 9.11. The van der Waals surface area contributed by atoms with Gasteiger partial charge in [-0.15, -0.1) is 0 Å². The number of aryl methyl sites for hydroxylation is 1. The molecule has 4 aromatic rings. The van der Waals surface area contributed by atoms with E-state index in [1.807, 2.05) is 54.4 Å². The Morgan fingerprint density at radius 3 is 2.46 bits per heavy atom. The van der Waals surface area contributed by atoms with Crippen LogP contribution in [0.5, 0.6) is 5.75 Å². The maximum absolute atomic E-state index is 12.8. The first-order valence-corrected chi connectivity index (χ1v) is 12.9. The van der Waals surface area contributed by atoms with Gasteiger partial charge in [0.05, 0.1) is 15.5 Å². The molecule has 0 saturated carbocycles. The van der Waals surface area contributed by atoms with Crippen LogP contribution >= 0.6 is 47.8 Å². The Bertz CT molecular complexity index is 1460. The van der Waals surface area contributed by atoms with E-state index in [1.165, 1.54) is 4.57 Å². The highest BCUT2D eigenvalue weighted by Gasteiger charge is 2.22. The van der Waals surface area contributed by atoms with Crippen LogP contribution in [0.1, 0.15) is 5.56 Å². The van der Waals surface area contributed by atoms with Gasteiger partial charge in [-0.05, 0) is 49.6 Å². The number of hydrogen-bond acceptors (Lipinski definition) is 6. The predicted octanol–water partition coefficient (Wildman–Crippen LogP) is 3.79. The van der Waals surface area contributed by atoms with Crippen molar-refractivity contribution in [2.45, 2.75) is 19.2 Å². The number of aliphatic hydroxyl groups is 1. The number of ether oxygens (including phenoxy) is 1. The Morgan fingerprint density at radius 2 is 1.80 bits per heavy atom. The van der Waals surface area contributed by atoms with Crippen molar-refractivity contribution in [3.63, 3.8) is 0 Å². The van der Waals surface area contributed by atoms with Crippen molar-refractivity contribution in [2.75, 3.05) is 18.6 Å². The number of benzene rings is 2. The number of fused-ring (bicyclic) bond motifs is 1. The number of imidazole rings is 1. The standard InChI is InChI=1S/C23H22Br3N5O4/c1-29(10-13-6-4-3-5-7-13)22-27-20-18(21(33)28-23(34)30(20)2)31(22)11-15(32)12-35-19-16(25)8-14(24)9-17(19)26/h3-9,15,32H,10-12H2,1-2H3,(H,28,33,34)/t15-/m0/s1. The van der Waals surface area contributed by atoms with Crippen LogP contribution < -0.4 is 20.9 Å². The highest BCUT2D eigenvalue weighted by Crippen LogP contribution is 2.36. The van der Waals surface area contributed by atoms with Crippen LogP contribution in [0.2, 0.25) is 0 Å². The SMILES string of the molecule is CN(Cc1ccccc1)c1nc2c(c(=O)[nH]c(=O)n2C)n1C[C@H](O)COc1c(Br)cc(Br)cc1Br. The van der Waals surface area contributed by atoms with Gasteiger partial charge in [0.25, 0.3) is 5.56 Å². The molecule has 12 heteroatoms. The quantitative estimate of drug-likeness (QED) is 0.296. The minimum atomic E-state index is -0.977. The molecule has 0 amide bonds. The van der Waals surface area contributed by atoms with E-state index < -0.39 is 17.4 Å². The van der Waals surface area contributed by atoms with Crippen molar-refractivity contribution in [3.8, 4) is 5.75 Å². The van der Waals surface area contributed by atoms with Crippen molar-refractivity contribution in [1.29, 1.82) is 0 Å². The molecule has 9 nitrogen and oxygen atoms in total. The Kier molecular flexibility index (Phi) is 7.84. The molecule has 4 rings (SSSR count). The van der Waals surface area contributed by atoms with E-state index in [0.717, 1.165) is 10.0 Å². The molecule has 0 spiro atoms. The Morgan fingerprint density at radius 1 is 1.14 bits per heavy atom. The lowest BCUT2D eigenvalue weighted by Crippen LogP contribution is -2.31. The summed E-state index contributed by atoms with van der Waals surface area (Å²) in [4.78, 5) is 33.7. The molecule has 0 aliphatic rings. The molecule has 1 atom stereocenters. The second-order valence-corrected chi connectivity index (χ2v) is 10.6. The molecule has 184 valence electrons. The van der Waals surface area contributed by atoms with Gasteiger partial charge in [-0.25, -0.2) is 4.79 Å². The largest absolute Gasteiger partial charge is 0.488 e. The second kappa shape index (κ2) is 10.7. The molecule has 0 radical (unpaired) electrons. The third-order valence-corrected chi connectivity index (χ3v) is 7.00. The molecule has 0 aliphatic carbocycles. The number of H-pyrrole nitrogens is 1. The minimum Gasteiger partial charge on any atom is -0.488 e. The van der Waals surface area contributed by atoms with E-state index in [0.29, 0.717) is 27.2 Å². The molecular weight excluding hydrogens is 650 g/mol. The number of hydrogen-bond donors (Lipinski definition) is 2. The normalized spacial score (nSPS) is 12.2. The number of aliphatic hydroxyl groups excluding tert-OH is 1. The summed E-state index contributed by atoms with van der Waals surface area (Å²) in [6.07, 6.45) is -0.977. The number of rotatable bonds is 8. The molecule has 0 aliphatic heterocycles. The van der Waals surface area contributed by atoms with E-state index in [4.69, 9.17) is 4.74 Å². The van der Waals surface area contributed by atoms with E-state index in [1.54, 1.807) is 11.6 Å². The summed E-state index contributed by atoms with van der Waals surface area (Å²) in [5, 5.41) is 10.9. The zero-order chi connectivity index (χ0) is 25.3. The molecule has 2 N–H and O–H groups in total. The van der Waals surface area contributed by atoms with Crippen molar-refractivity contribution >= 4 is 64.9 Å². The van der Waals surface area contributed by atoms with E-state index in [9.17, 15) is 14.7 Å². The second-order valence-electron chi connectivity index (χ2n) is 8.02.